The molecular formula is C30H51N5OS. The summed E-state index contributed by atoms with van der Waals surface area (Å²) in [5.41, 5.74) is 1.31. The van der Waals surface area contributed by atoms with Gasteiger partial charge in [0.25, 0.3) is 0 Å². The zero-order valence-corrected chi connectivity index (χ0v) is 25.0. The molecule has 2 aromatic rings. The summed E-state index contributed by atoms with van der Waals surface area (Å²) in [6.45, 7) is 17.3. The Bertz CT molecular complexity index is 957. The van der Waals surface area contributed by atoms with Crippen LogP contribution in [0.4, 0.5) is 11.8 Å². The maximum absolute atomic E-state index is 9.05. The minimum absolute atomic E-state index is 0.0680. The molecule has 0 saturated heterocycles. The van der Waals surface area contributed by atoms with Crippen molar-refractivity contribution in [2.45, 2.75) is 78.5 Å². The summed E-state index contributed by atoms with van der Waals surface area (Å²) in [4.78, 5) is 10.4. The van der Waals surface area contributed by atoms with Crippen molar-refractivity contribution in [3.05, 3.63) is 53.1 Å². The van der Waals surface area contributed by atoms with Gasteiger partial charge in [0.05, 0.1) is 12.0 Å². The van der Waals surface area contributed by atoms with E-state index < -0.39 is 0 Å². The van der Waals surface area contributed by atoms with Gasteiger partial charge in [-0.1, -0.05) is 83.4 Å². The SMILES string of the molecule is C=C/C=c1/nc(NCC2CCCCC2)nc(NCCO)/c1=C/C.CC.CC.CNSc1ccc(C)cc1. The monoisotopic (exact) mass is 529 g/mol. The van der Waals surface area contributed by atoms with E-state index in [1.165, 1.54) is 42.6 Å². The Labute approximate surface area is 230 Å². The Morgan fingerprint density at radius 1 is 1.03 bits per heavy atom. The molecular weight excluding hydrogens is 478 g/mol. The Morgan fingerprint density at radius 3 is 2.22 bits per heavy atom. The molecule has 37 heavy (non-hydrogen) atoms. The average molecular weight is 530 g/mol. The molecule has 1 saturated carbocycles. The van der Waals surface area contributed by atoms with E-state index in [-0.39, 0.29) is 6.61 Å². The molecule has 0 unspecified atom stereocenters. The van der Waals surface area contributed by atoms with Gasteiger partial charge >= 0.3 is 0 Å². The van der Waals surface area contributed by atoms with Crippen LogP contribution in [0.3, 0.4) is 0 Å². The second-order valence-electron chi connectivity index (χ2n) is 8.04. The van der Waals surface area contributed by atoms with Crippen molar-refractivity contribution >= 4 is 35.9 Å². The molecule has 1 aliphatic carbocycles. The van der Waals surface area contributed by atoms with E-state index in [2.05, 4.69) is 63.1 Å². The van der Waals surface area contributed by atoms with Gasteiger partial charge in [-0.25, -0.2) is 4.98 Å². The van der Waals surface area contributed by atoms with Crippen molar-refractivity contribution in [1.82, 2.24) is 14.7 Å². The number of allylic oxidation sites excluding steroid dienone is 1. The lowest BCUT2D eigenvalue weighted by Gasteiger charge is -2.21. The van der Waals surface area contributed by atoms with Crippen LogP contribution in [0.15, 0.2) is 41.8 Å². The smallest absolute Gasteiger partial charge is 0.225 e. The lowest BCUT2D eigenvalue weighted by atomic mass is 9.89. The summed E-state index contributed by atoms with van der Waals surface area (Å²) in [7, 11) is 1.92. The van der Waals surface area contributed by atoms with Crippen LogP contribution in [0.2, 0.25) is 0 Å². The molecule has 1 aromatic heterocycles. The summed E-state index contributed by atoms with van der Waals surface area (Å²) < 4.78 is 3.02. The summed E-state index contributed by atoms with van der Waals surface area (Å²) in [6, 6.07) is 8.44. The fourth-order valence-electron chi connectivity index (χ4n) is 3.75. The van der Waals surface area contributed by atoms with Gasteiger partial charge in [0.15, 0.2) is 0 Å². The minimum Gasteiger partial charge on any atom is -0.395 e. The number of nitrogens with zero attached hydrogens (tertiary/aromatic N) is 2. The minimum atomic E-state index is 0.0680. The molecule has 0 atom stereocenters. The number of nitrogens with one attached hydrogen (secondary N) is 3. The fraction of sp³-hybridized carbons (Fsp3) is 0.533. The summed E-state index contributed by atoms with van der Waals surface area (Å²) in [5, 5.41) is 17.4. The quantitative estimate of drug-likeness (QED) is 0.300. The summed E-state index contributed by atoms with van der Waals surface area (Å²) >= 11 is 1.63. The van der Waals surface area contributed by atoms with E-state index in [1.54, 1.807) is 18.0 Å². The van der Waals surface area contributed by atoms with Crippen molar-refractivity contribution in [2.24, 2.45) is 5.92 Å². The van der Waals surface area contributed by atoms with E-state index >= 15 is 0 Å². The van der Waals surface area contributed by atoms with Crippen LogP contribution in [-0.2, 0) is 0 Å². The van der Waals surface area contributed by atoms with Crippen molar-refractivity contribution in [3.8, 4) is 0 Å². The third-order valence-electron chi connectivity index (χ3n) is 5.46. The molecule has 1 heterocycles. The molecule has 4 N–H and O–H groups in total. The molecule has 0 bridgehead atoms. The van der Waals surface area contributed by atoms with Crippen LogP contribution in [0.5, 0.6) is 0 Å². The number of hydrogen-bond acceptors (Lipinski definition) is 7. The third kappa shape index (κ3) is 14.2. The topological polar surface area (TPSA) is 82.1 Å². The zero-order chi connectivity index (χ0) is 27.9. The summed E-state index contributed by atoms with van der Waals surface area (Å²) in [5.74, 6) is 2.09. The van der Waals surface area contributed by atoms with Gasteiger partial charge in [-0.2, -0.15) is 4.98 Å². The largest absolute Gasteiger partial charge is 0.395 e. The molecule has 208 valence electrons. The molecule has 0 amide bonds. The highest BCUT2D eigenvalue weighted by atomic mass is 32.2. The number of hydrogen-bond donors (Lipinski definition) is 4. The van der Waals surface area contributed by atoms with Gasteiger partial charge in [0.1, 0.15) is 5.82 Å². The van der Waals surface area contributed by atoms with Crippen molar-refractivity contribution in [3.63, 3.8) is 0 Å². The number of aryl methyl sites for hydroxylation is 1. The first-order valence-electron chi connectivity index (χ1n) is 13.8. The van der Waals surface area contributed by atoms with Crippen LogP contribution in [0, 0.1) is 12.8 Å². The second-order valence-corrected chi connectivity index (χ2v) is 9.12. The van der Waals surface area contributed by atoms with E-state index in [1.807, 2.05) is 53.8 Å². The van der Waals surface area contributed by atoms with E-state index in [0.717, 1.165) is 22.9 Å². The van der Waals surface area contributed by atoms with Crippen molar-refractivity contribution < 1.29 is 5.11 Å². The Kier molecular flexibility index (Phi) is 21.4. The van der Waals surface area contributed by atoms with E-state index in [9.17, 15) is 0 Å². The highest BCUT2D eigenvalue weighted by Crippen LogP contribution is 2.23. The van der Waals surface area contributed by atoms with E-state index in [0.29, 0.717) is 18.4 Å². The molecule has 0 aliphatic heterocycles. The third-order valence-corrected chi connectivity index (χ3v) is 6.17. The molecule has 7 heteroatoms. The van der Waals surface area contributed by atoms with Crippen LogP contribution >= 0.6 is 11.9 Å². The number of aromatic nitrogens is 2. The maximum atomic E-state index is 9.05. The van der Waals surface area contributed by atoms with Gasteiger partial charge in [0, 0.05) is 23.2 Å². The predicted octanol–water partition coefficient (Wildman–Crippen LogP) is 5.91. The highest BCUT2D eigenvalue weighted by Gasteiger charge is 2.14. The first-order chi connectivity index (χ1) is 18.1. The number of rotatable bonds is 9. The predicted molar refractivity (Wildman–Crippen MR) is 166 cm³/mol. The first kappa shape index (κ1) is 34.6. The molecule has 0 radical (unpaired) electrons. The number of aliphatic hydroxyl groups is 1. The average Bonchev–Trinajstić information content (AvgIpc) is 2.95. The van der Waals surface area contributed by atoms with Crippen LogP contribution in [0.25, 0.3) is 12.2 Å². The first-order valence-corrected chi connectivity index (χ1v) is 14.6. The van der Waals surface area contributed by atoms with Crippen LogP contribution < -0.4 is 25.9 Å². The molecule has 6 nitrogen and oxygen atoms in total. The maximum Gasteiger partial charge on any atom is 0.225 e. The Morgan fingerprint density at radius 2 is 1.68 bits per heavy atom. The van der Waals surface area contributed by atoms with Gasteiger partial charge in [-0.05, 0) is 69.8 Å². The van der Waals surface area contributed by atoms with Crippen molar-refractivity contribution in [2.75, 3.05) is 37.4 Å². The van der Waals surface area contributed by atoms with Gasteiger partial charge in [-0.3, -0.25) is 4.72 Å². The number of benzene rings is 1. The van der Waals surface area contributed by atoms with Gasteiger partial charge in [0.2, 0.25) is 5.95 Å². The lowest BCUT2D eigenvalue weighted by Crippen LogP contribution is -2.34. The Balaban J connectivity index is 0.000000771. The zero-order valence-electron chi connectivity index (χ0n) is 24.2. The van der Waals surface area contributed by atoms with Gasteiger partial charge < -0.3 is 15.7 Å². The van der Waals surface area contributed by atoms with Crippen molar-refractivity contribution in [1.29, 1.82) is 0 Å². The second kappa shape index (κ2) is 22.8. The molecule has 3 rings (SSSR count). The fourth-order valence-corrected chi connectivity index (χ4v) is 4.26. The Hall–Kier alpha value is -2.35. The normalized spacial score (nSPS) is 13.7. The highest BCUT2D eigenvalue weighted by molar-refractivity contribution is 7.97. The van der Waals surface area contributed by atoms with Gasteiger partial charge in [-0.15, -0.1) is 0 Å². The molecule has 1 aliphatic rings. The molecule has 0 spiro atoms. The lowest BCUT2D eigenvalue weighted by molar-refractivity contribution is 0.311. The number of aliphatic hydroxyl groups excluding tert-OH is 1. The molecule has 1 aromatic carbocycles. The molecule has 1 fully saturated rings. The van der Waals surface area contributed by atoms with E-state index in [4.69, 9.17) is 5.11 Å². The van der Waals surface area contributed by atoms with Crippen LogP contribution in [-0.4, -0.2) is 41.8 Å². The van der Waals surface area contributed by atoms with Crippen LogP contribution in [0.1, 0.15) is 72.3 Å². The standard InChI is InChI=1S/C18H28N4O.C8H11NS.2C2H6/c1-3-8-16-15(4-2)17(19-11-12-23)22-18(21-16)20-13-14-9-6-5-7-10-14;1-7-3-5-8(6-4-7)10-9-2;2*1-2/h3-4,8,14,23H,1,5-7,9-13H2,2H3,(H2,19,20,21,22);3-6,9H,1-2H3;2*1-2H3/b15-4+,16-8+;;;. The number of anilines is 2. The summed E-state index contributed by atoms with van der Waals surface area (Å²) in [6.07, 6.45) is 12.2.